The van der Waals surface area contributed by atoms with Gasteiger partial charge in [0.05, 0.1) is 10.5 Å². The predicted molar refractivity (Wildman–Crippen MR) is 104 cm³/mol. The molecule has 0 fully saturated rings. The molecule has 2 heterocycles. The van der Waals surface area contributed by atoms with Gasteiger partial charge in [-0.15, -0.1) is 0 Å². The minimum atomic E-state index is -4.80. The molecule has 162 valence electrons. The third-order valence-electron chi connectivity index (χ3n) is 4.37. The number of amides is 1. The zero-order valence-electron chi connectivity index (χ0n) is 16.0. The van der Waals surface area contributed by atoms with Crippen LogP contribution in [-0.2, 0) is 23.2 Å². The molecule has 2 aromatic rings. The number of benzene rings is 1. The lowest BCUT2D eigenvalue weighted by Gasteiger charge is -2.11. The maximum absolute atomic E-state index is 13.1. The van der Waals surface area contributed by atoms with Gasteiger partial charge in [-0.1, -0.05) is 12.5 Å². The number of sulfonamides is 1. The number of hydrogen-bond acceptors (Lipinski definition) is 5. The number of alkyl halides is 3. The molecule has 1 aliphatic rings. The summed E-state index contributed by atoms with van der Waals surface area (Å²) in [6, 6.07) is 5.25. The third-order valence-corrected chi connectivity index (χ3v) is 5.75. The average Bonchev–Trinajstić information content (AvgIpc) is 2.89. The molecule has 0 aliphatic carbocycles. The lowest BCUT2D eigenvalue weighted by atomic mass is 10.2. The molecule has 2 N–H and O–H groups in total. The Labute approximate surface area is 171 Å². The van der Waals surface area contributed by atoms with E-state index in [0.717, 1.165) is 30.1 Å². The first-order chi connectivity index (χ1) is 14.1. The quantitative estimate of drug-likeness (QED) is 0.758. The molecule has 1 aliphatic heterocycles. The SMILES string of the molecule is Cn1cc(C(=O)Nc2cccc(S(=O)(=O)NC3=NCCCCC3)c2)c(C(F)(F)F)n1. The number of aromatic nitrogens is 2. The van der Waals surface area contributed by atoms with Crippen LogP contribution in [0.1, 0.15) is 41.7 Å². The fraction of sp³-hybridized carbons (Fsp3) is 0.389. The number of hydrogen-bond donors (Lipinski definition) is 2. The van der Waals surface area contributed by atoms with E-state index >= 15 is 0 Å². The molecule has 8 nitrogen and oxygen atoms in total. The lowest BCUT2D eigenvalue weighted by molar-refractivity contribution is -0.141. The summed E-state index contributed by atoms with van der Waals surface area (Å²) in [6.45, 7) is 0.542. The summed E-state index contributed by atoms with van der Waals surface area (Å²) in [7, 11) is -2.69. The van der Waals surface area contributed by atoms with E-state index in [1.165, 1.54) is 31.3 Å². The second-order valence-electron chi connectivity index (χ2n) is 6.79. The summed E-state index contributed by atoms with van der Waals surface area (Å²) >= 11 is 0. The maximum atomic E-state index is 13.1. The van der Waals surface area contributed by atoms with Gasteiger partial charge in [0.2, 0.25) is 0 Å². The number of halogens is 3. The van der Waals surface area contributed by atoms with Crippen LogP contribution in [0, 0.1) is 0 Å². The molecule has 0 atom stereocenters. The first-order valence-electron chi connectivity index (χ1n) is 9.15. The minimum Gasteiger partial charge on any atom is -0.322 e. The number of nitrogens with one attached hydrogen (secondary N) is 2. The van der Waals surface area contributed by atoms with E-state index in [2.05, 4.69) is 20.1 Å². The summed E-state index contributed by atoms with van der Waals surface area (Å²) in [6.07, 6.45) is -0.667. The van der Waals surface area contributed by atoms with Crippen molar-refractivity contribution >= 4 is 27.5 Å². The van der Waals surface area contributed by atoms with Crippen molar-refractivity contribution in [3.63, 3.8) is 0 Å². The zero-order chi connectivity index (χ0) is 21.9. The summed E-state index contributed by atoms with van der Waals surface area (Å²) < 4.78 is 67.8. The standard InChI is InChI=1S/C18H20F3N5O3S/c1-26-11-14(16(24-26)18(19,20)21)17(27)23-12-6-5-7-13(10-12)30(28,29)25-15-8-3-2-4-9-22-15/h5-7,10-11H,2-4,8-9H2,1H3,(H,22,25)(H,23,27). The monoisotopic (exact) mass is 443 g/mol. The Morgan fingerprint density at radius 3 is 2.70 bits per heavy atom. The molecule has 0 radical (unpaired) electrons. The topological polar surface area (TPSA) is 105 Å². The van der Waals surface area contributed by atoms with Gasteiger partial charge in [-0.2, -0.15) is 18.3 Å². The summed E-state index contributed by atoms with van der Waals surface area (Å²) in [4.78, 5) is 16.4. The van der Waals surface area contributed by atoms with Gasteiger partial charge < -0.3 is 5.32 Å². The van der Waals surface area contributed by atoms with Crippen LogP contribution in [0.2, 0.25) is 0 Å². The Bertz CT molecular complexity index is 1080. The van der Waals surface area contributed by atoms with Crippen LogP contribution in [0.4, 0.5) is 18.9 Å². The smallest absolute Gasteiger partial charge is 0.322 e. The van der Waals surface area contributed by atoms with Crippen molar-refractivity contribution in [2.45, 2.75) is 36.8 Å². The summed E-state index contributed by atoms with van der Waals surface area (Å²) in [5.74, 6) is -0.682. The van der Waals surface area contributed by atoms with E-state index < -0.39 is 33.4 Å². The normalized spacial score (nSPS) is 15.3. The second-order valence-corrected chi connectivity index (χ2v) is 8.47. The van der Waals surface area contributed by atoms with Gasteiger partial charge in [0, 0.05) is 31.9 Å². The molecule has 0 unspecified atom stereocenters. The van der Waals surface area contributed by atoms with Crippen LogP contribution < -0.4 is 10.0 Å². The Kier molecular flexibility index (Phi) is 6.15. The Morgan fingerprint density at radius 1 is 1.20 bits per heavy atom. The van der Waals surface area contributed by atoms with Crippen molar-refractivity contribution in [1.82, 2.24) is 14.5 Å². The largest absolute Gasteiger partial charge is 0.435 e. The van der Waals surface area contributed by atoms with E-state index in [1.54, 1.807) is 0 Å². The highest BCUT2D eigenvalue weighted by Gasteiger charge is 2.39. The Morgan fingerprint density at radius 2 is 1.97 bits per heavy atom. The molecule has 0 saturated heterocycles. The van der Waals surface area contributed by atoms with Gasteiger partial charge >= 0.3 is 6.18 Å². The van der Waals surface area contributed by atoms with Crippen molar-refractivity contribution < 1.29 is 26.4 Å². The van der Waals surface area contributed by atoms with E-state index in [1.807, 2.05) is 0 Å². The van der Waals surface area contributed by atoms with Crippen LogP contribution in [0.25, 0.3) is 0 Å². The molecule has 30 heavy (non-hydrogen) atoms. The Balaban J connectivity index is 1.80. The zero-order valence-corrected chi connectivity index (χ0v) is 16.8. The molecule has 0 saturated carbocycles. The van der Waals surface area contributed by atoms with Gasteiger partial charge in [-0.3, -0.25) is 19.2 Å². The van der Waals surface area contributed by atoms with Crippen LogP contribution in [0.5, 0.6) is 0 Å². The van der Waals surface area contributed by atoms with Crippen molar-refractivity contribution in [3.05, 3.63) is 41.7 Å². The fourth-order valence-electron chi connectivity index (χ4n) is 2.97. The molecule has 0 bridgehead atoms. The van der Waals surface area contributed by atoms with Gasteiger partial charge in [-0.25, -0.2) is 8.42 Å². The number of rotatable bonds is 4. The van der Waals surface area contributed by atoms with Crippen molar-refractivity contribution in [3.8, 4) is 0 Å². The number of aryl methyl sites for hydroxylation is 1. The predicted octanol–water partition coefficient (Wildman–Crippen LogP) is 2.94. The van der Waals surface area contributed by atoms with Gasteiger partial charge in [0.15, 0.2) is 5.69 Å². The molecular formula is C18H20F3N5O3S. The van der Waals surface area contributed by atoms with Crippen LogP contribution >= 0.6 is 0 Å². The van der Waals surface area contributed by atoms with Gasteiger partial charge in [-0.05, 0) is 31.0 Å². The number of aliphatic imine (C=N–C) groups is 1. The van der Waals surface area contributed by atoms with E-state index in [9.17, 15) is 26.4 Å². The van der Waals surface area contributed by atoms with Crippen molar-refractivity contribution in [2.75, 3.05) is 11.9 Å². The van der Waals surface area contributed by atoms with Crippen LogP contribution in [0.15, 0.2) is 40.4 Å². The number of anilines is 1. The van der Waals surface area contributed by atoms with Gasteiger partial charge in [0.25, 0.3) is 15.9 Å². The van der Waals surface area contributed by atoms with Crippen LogP contribution in [0.3, 0.4) is 0 Å². The van der Waals surface area contributed by atoms with E-state index in [4.69, 9.17) is 0 Å². The summed E-state index contributed by atoms with van der Waals surface area (Å²) in [5.41, 5.74) is -1.95. The number of carbonyl (C=O) groups excluding carboxylic acids is 1. The molecule has 12 heteroatoms. The third kappa shape index (κ3) is 5.17. The summed E-state index contributed by atoms with van der Waals surface area (Å²) in [5, 5.41) is 5.58. The fourth-order valence-corrected chi connectivity index (χ4v) is 4.11. The highest BCUT2D eigenvalue weighted by molar-refractivity contribution is 7.90. The first-order valence-corrected chi connectivity index (χ1v) is 10.6. The number of carbonyl (C=O) groups is 1. The maximum Gasteiger partial charge on any atom is 0.435 e. The van der Waals surface area contributed by atoms with Crippen molar-refractivity contribution in [1.29, 1.82) is 0 Å². The van der Waals surface area contributed by atoms with E-state index in [0.29, 0.717) is 18.8 Å². The highest BCUT2D eigenvalue weighted by atomic mass is 32.2. The molecule has 0 spiro atoms. The second kappa shape index (κ2) is 8.46. The number of nitrogens with zero attached hydrogens (tertiary/aromatic N) is 3. The van der Waals surface area contributed by atoms with Crippen LogP contribution in [-0.4, -0.2) is 36.5 Å². The lowest BCUT2D eigenvalue weighted by Crippen LogP contribution is -2.30. The molecular weight excluding hydrogens is 423 g/mol. The number of amidine groups is 1. The average molecular weight is 443 g/mol. The Hall–Kier alpha value is -2.89. The van der Waals surface area contributed by atoms with Gasteiger partial charge in [0.1, 0.15) is 5.84 Å². The van der Waals surface area contributed by atoms with Crippen molar-refractivity contribution in [2.24, 2.45) is 12.0 Å². The molecule has 3 rings (SSSR count). The minimum absolute atomic E-state index is 0.0302. The highest BCUT2D eigenvalue weighted by Crippen LogP contribution is 2.31. The first kappa shape index (κ1) is 21.8. The van der Waals surface area contributed by atoms with E-state index in [-0.39, 0.29) is 10.6 Å². The molecule has 1 amide bonds. The molecule has 1 aromatic carbocycles. The molecule has 1 aromatic heterocycles.